The summed E-state index contributed by atoms with van der Waals surface area (Å²) in [4.78, 5) is 11.0. The summed E-state index contributed by atoms with van der Waals surface area (Å²) in [5, 5.41) is 22.0. The summed E-state index contributed by atoms with van der Waals surface area (Å²) in [6, 6.07) is 0. The summed E-state index contributed by atoms with van der Waals surface area (Å²) in [5.41, 5.74) is 1.89. The molecule has 2 heterocycles. The maximum atomic E-state index is 11.3. The topological polar surface area (TPSA) is 85.0 Å². The predicted molar refractivity (Wildman–Crippen MR) is 78.0 cm³/mol. The van der Waals surface area contributed by atoms with Crippen molar-refractivity contribution in [1.29, 1.82) is 0 Å². The van der Waals surface area contributed by atoms with Gasteiger partial charge in [0.2, 0.25) is 5.82 Å². The van der Waals surface area contributed by atoms with Crippen molar-refractivity contribution in [3.05, 3.63) is 27.5 Å². The molecule has 20 heavy (non-hydrogen) atoms. The molecule has 110 valence electrons. The Balaban J connectivity index is 2.22. The maximum Gasteiger partial charge on any atom is 0.334 e. The van der Waals surface area contributed by atoms with Crippen molar-refractivity contribution >= 4 is 11.5 Å². The van der Waals surface area contributed by atoms with E-state index in [1.54, 1.807) is 11.7 Å². The van der Waals surface area contributed by atoms with Crippen molar-refractivity contribution < 1.29 is 4.92 Å². The second-order valence-corrected chi connectivity index (χ2v) is 5.29. The molecule has 0 spiro atoms. The number of hydrogen-bond acceptors (Lipinski definition) is 5. The molecule has 1 aromatic heterocycles. The first-order chi connectivity index (χ1) is 9.50. The zero-order valence-electron chi connectivity index (χ0n) is 12.1. The largest absolute Gasteiger partial charge is 0.361 e. The predicted octanol–water partition coefficient (Wildman–Crippen LogP) is 1.78. The molecule has 0 radical (unpaired) electrons. The molecule has 0 aliphatic carbocycles. The molecule has 0 bridgehead atoms. The van der Waals surface area contributed by atoms with Gasteiger partial charge in [0.05, 0.1) is 4.92 Å². The Morgan fingerprint density at radius 1 is 1.60 bits per heavy atom. The van der Waals surface area contributed by atoms with Crippen molar-refractivity contribution in [2.24, 2.45) is 7.05 Å². The van der Waals surface area contributed by atoms with E-state index >= 15 is 0 Å². The summed E-state index contributed by atoms with van der Waals surface area (Å²) in [6.07, 6.45) is 3.09. The molecular weight excluding hydrogens is 258 g/mol. The normalized spacial score (nSPS) is 15.3. The summed E-state index contributed by atoms with van der Waals surface area (Å²) in [6.45, 7) is 6.27. The van der Waals surface area contributed by atoms with E-state index in [9.17, 15) is 10.1 Å². The third-order valence-corrected chi connectivity index (χ3v) is 3.42. The fourth-order valence-electron chi connectivity index (χ4n) is 2.33. The van der Waals surface area contributed by atoms with E-state index in [1.165, 1.54) is 5.57 Å². The van der Waals surface area contributed by atoms with Gasteiger partial charge >= 0.3 is 5.69 Å². The van der Waals surface area contributed by atoms with Gasteiger partial charge in [0.1, 0.15) is 5.69 Å². The minimum Gasteiger partial charge on any atom is -0.361 e. The van der Waals surface area contributed by atoms with Gasteiger partial charge in [0, 0.05) is 26.1 Å². The number of nitro groups is 1. The second-order valence-electron chi connectivity index (χ2n) is 5.29. The van der Waals surface area contributed by atoms with Crippen LogP contribution in [-0.2, 0) is 7.05 Å². The number of aryl methyl sites for hydroxylation is 1. The van der Waals surface area contributed by atoms with Crippen LogP contribution in [0.1, 0.15) is 31.9 Å². The van der Waals surface area contributed by atoms with Crippen LogP contribution in [0.25, 0.3) is 0 Å². The molecule has 0 saturated carbocycles. The highest BCUT2D eigenvalue weighted by molar-refractivity contribution is 5.61. The third-order valence-electron chi connectivity index (χ3n) is 3.42. The van der Waals surface area contributed by atoms with Gasteiger partial charge in [-0.1, -0.05) is 25.5 Å². The molecule has 0 saturated heterocycles. The molecule has 0 atom stereocenters. The fraction of sp³-hybridized carbons (Fsp3) is 0.615. The first-order valence-corrected chi connectivity index (χ1v) is 6.84. The summed E-state index contributed by atoms with van der Waals surface area (Å²) >= 11 is 0. The molecule has 0 amide bonds. The lowest BCUT2D eigenvalue weighted by Crippen LogP contribution is -2.23. The smallest absolute Gasteiger partial charge is 0.334 e. The van der Waals surface area contributed by atoms with Gasteiger partial charge in [-0.25, -0.2) is 4.68 Å². The lowest BCUT2D eigenvalue weighted by atomic mass is 10.1. The summed E-state index contributed by atoms with van der Waals surface area (Å²) in [7, 11) is 1.73. The average Bonchev–Trinajstić information content (AvgIpc) is 2.75. The first kappa shape index (κ1) is 14.5. The maximum absolute atomic E-state index is 11.3. The van der Waals surface area contributed by atoms with Gasteiger partial charge in [-0.2, -0.15) is 5.10 Å². The van der Waals surface area contributed by atoms with Crippen LogP contribution in [0.15, 0.2) is 11.6 Å². The van der Waals surface area contributed by atoms with Crippen molar-refractivity contribution in [2.75, 3.05) is 25.0 Å². The van der Waals surface area contributed by atoms with Crippen LogP contribution in [0.2, 0.25) is 0 Å². The summed E-state index contributed by atoms with van der Waals surface area (Å²) in [5.74, 6) is 0.508. The van der Waals surface area contributed by atoms with E-state index in [2.05, 4.69) is 21.8 Å². The van der Waals surface area contributed by atoms with Crippen LogP contribution in [0.5, 0.6) is 0 Å². The van der Waals surface area contributed by atoms with Gasteiger partial charge in [0.15, 0.2) is 0 Å². The SMILES string of the molecule is CC(C)c1nn(C)c(NCC2=CCNCC2)c1[N+](=O)[O-]. The number of hydrogen-bond donors (Lipinski definition) is 2. The standard InChI is InChI=1S/C13H21N5O2/c1-9(2)11-12(18(19)20)13(17(3)16-11)15-8-10-4-6-14-7-5-10/h4,9,14-15H,5-8H2,1-3H3. The van der Waals surface area contributed by atoms with Crippen molar-refractivity contribution in [2.45, 2.75) is 26.2 Å². The Morgan fingerprint density at radius 2 is 2.35 bits per heavy atom. The number of aromatic nitrogens is 2. The molecule has 7 nitrogen and oxygen atoms in total. The first-order valence-electron chi connectivity index (χ1n) is 6.84. The van der Waals surface area contributed by atoms with Gasteiger partial charge in [0.25, 0.3) is 0 Å². The van der Waals surface area contributed by atoms with Gasteiger partial charge in [-0.05, 0) is 13.0 Å². The van der Waals surface area contributed by atoms with Crippen molar-refractivity contribution in [3.8, 4) is 0 Å². The molecular formula is C13H21N5O2. The zero-order valence-corrected chi connectivity index (χ0v) is 12.1. The lowest BCUT2D eigenvalue weighted by molar-refractivity contribution is -0.384. The molecule has 2 rings (SSSR count). The van der Waals surface area contributed by atoms with Gasteiger partial charge in [-0.3, -0.25) is 10.1 Å². The van der Waals surface area contributed by atoms with E-state index < -0.39 is 0 Å². The Morgan fingerprint density at radius 3 is 2.90 bits per heavy atom. The van der Waals surface area contributed by atoms with Crippen molar-refractivity contribution in [1.82, 2.24) is 15.1 Å². The van der Waals surface area contributed by atoms with Crippen molar-refractivity contribution in [3.63, 3.8) is 0 Å². The molecule has 7 heteroatoms. The highest BCUT2D eigenvalue weighted by atomic mass is 16.6. The molecule has 1 aliphatic heterocycles. The lowest BCUT2D eigenvalue weighted by Gasteiger charge is -2.14. The Bertz CT molecular complexity index is 533. The van der Waals surface area contributed by atoms with Crippen LogP contribution in [-0.4, -0.2) is 34.3 Å². The van der Waals surface area contributed by atoms with Gasteiger partial charge < -0.3 is 10.6 Å². The average molecular weight is 279 g/mol. The zero-order chi connectivity index (χ0) is 14.7. The fourth-order valence-corrected chi connectivity index (χ4v) is 2.33. The Kier molecular flexibility index (Phi) is 4.39. The van der Waals surface area contributed by atoms with Crippen LogP contribution in [0.4, 0.5) is 11.5 Å². The third kappa shape index (κ3) is 2.98. The quantitative estimate of drug-likeness (QED) is 0.487. The number of nitrogens with zero attached hydrogens (tertiary/aromatic N) is 3. The van der Waals surface area contributed by atoms with Crippen LogP contribution >= 0.6 is 0 Å². The van der Waals surface area contributed by atoms with E-state index in [1.807, 2.05) is 13.8 Å². The number of nitrogens with one attached hydrogen (secondary N) is 2. The highest BCUT2D eigenvalue weighted by Gasteiger charge is 2.28. The highest BCUT2D eigenvalue weighted by Crippen LogP contribution is 2.32. The number of rotatable bonds is 5. The number of anilines is 1. The van der Waals surface area contributed by atoms with E-state index in [0.29, 0.717) is 18.1 Å². The van der Waals surface area contributed by atoms with Gasteiger partial charge in [-0.15, -0.1) is 0 Å². The van der Waals surface area contributed by atoms with E-state index in [0.717, 1.165) is 19.5 Å². The Hall–Kier alpha value is -1.89. The van der Waals surface area contributed by atoms with Crippen LogP contribution < -0.4 is 10.6 Å². The summed E-state index contributed by atoms with van der Waals surface area (Å²) < 4.78 is 1.56. The molecule has 1 aromatic rings. The molecule has 0 aromatic carbocycles. The van der Waals surface area contributed by atoms with Crippen LogP contribution in [0, 0.1) is 10.1 Å². The monoisotopic (exact) mass is 279 g/mol. The minimum absolute atomic E-state index is 0.0234. The molecule has 2 N–H and O–H groups in total. The van der Waals surface area contributed by atoms with Crippen LogP contribution in [0.3, 0.4) is 0 Å². The molecule has 0 unspecified atom stereocenters. The molecule has 0 fully saturated rings. The Labute approximate surface area is 118 Å². The van der Waals surface area contributed by atoms with E-state index in [-0.39, 0.29) is 16.5 Å². The van der Waals surface area contributed by atoms with E-state index in [4.69, 9.17) is 0 Å². The minimum atomic E-state index is -0.346. The second kappa shape index (κ2) is 6.04. The molecule has 1 aliphatic rings.